The fourth-order valence-electron chi connectivity index (χ4n) is 1.19. The van der Waals surface area contributed by atoms with Gasteiger partial charge in [0.1, 0.15) is 0 Å². The highest BCUT2D eigenvalue weighted by atomic mass is 16.1. The van der Waals surface area contributed by atoms with Gasteiger partial charge in [-0.05, 0) is 24.5 Å². The summed E-state index contributed by atoms with van der Waals surface area (Å²) in [7, 11) is 0. The molecule has 1 aromatic heterocycles. The van der Waals surface area contributed by atoms with E-state index in [1.807, 2.05) is 33.8 Å². The molecule has 3 nitrogen and oxygen atoms in total. The van der Waals surface area contributed by atoms with Crippen LogP contribution < -0.4 is 5.73 Å². The van der Waals surface area contributed by atoms with Crippen LogP contribution in [0.15, 0.2) is 18.3 Å². The van der Waals surface area contributed by atoms with Crippen molar-refractivity contribution < 1.29 is 4.79 Å². The van der Waals surface area contributed by atoms with Crippen molar-refractivity contribution in [2.45, 2.75) is 33.7 Å². The number of nitrogens with two attached hydrogens (primary N) is 1. The number of aromatic nitrogens is 1. The number of rotatable bonds is 2. The van der Waals surface area contributed by atoms with E-state index in [4.69, 9.17) is 5.73 Å². The van der Waals surface area contributed by atoms with Gasteiger partial charge in [-0.3, -0.25) is 9.78 Å². The first-order chi connectivity index (χ1) is 6.82. The van der Waals surface area contributed by atoms with E-state index in [1.165, 1.54) is 0 Å². The lowest BCUT2D eigenvalue weighted by Gasteiger charge is -2.25. The number of nitrogens with zero attached hydrogens (tertiary/aromatic N) is 1. The van der Waals surface area contributed by atoms with Crippen LogP contribution in [0.5, 0.6) is 0 Å². The van der Waals surface area contributed by atoms with E-state index >= 15 is 0 Å². The third-order valence-electron chi connectivity index (χ3n) is 2.41. The van der Waals surface area contributed by atoms with Crippen LogP contribution >= 0.6 is 0 Å². The molecule has 0 aliphatic rings. The number of carbonyl (C=O) groups excluding carboxylic acids is 1. The summed E-state index contributed by atoms with van der Waals surface area (Å²) in [5.41, 5.74) is 7.15. The third-order valence-corrected chi connectivity index (χ3v) is 2.41. The third kappa shape index (κ3) is 2.86. The van der Waals surface area contributed by atoms with E-state index < -0.39 is 6.04 Å². The first-order valence-corrected chi connectivity index (χ1v) is 5.05. The number of aryl methyl sites for hydroxylation is 1. The largest absolute Gasteiger partial charge is 0.321 e. The summed E-state index contributed by atoms with van der Waals surface area (Å²) in [5, 5.41) is 0. The number of ketones is 1. The normalized spacial score (nSPS) is 13.7. The number of pyridine rings is 1. The van der Waals surface area contributed by atoms with E-state index in [0.717, 1.165) is 5.69 Å². The summed E-state index contributed by atoms with van der Waals surface area (Å²) in [4.78, 5) is 16.0. The van der Waals surface area contributed by atoms with Crippen LogP contribution in [0.25, 0.3) is 0 Å². The fraction of sp³-hybridized carbons (Fsp3) is 0.500. The molecule has 0 saturated carbocycles. The van der Waals surface area contributed by atoms with E-state index in [-0.39, 0.29) is 11.2 Å². The van der Waals surface area contributed by atoms with Crippen molar-refractivity contribution in [2.24, 2.45) is 11.1 Å². The average molecular weight is 206 g/mol. The van der Waals surface area contributed by atoms with Crippen molar-refractivity contribution >= 4 is 5.78 Å². The Balaban J connectivity index is 2.90. The van der Waals surface area contributed by atoms with Crippen LogP contribution in [-0.4, -0.2) is 16.8 Å². The maximum absolute atomic E-state index is 11.9. The first-order valence-electron chi connectivity index (χ1n) is 5.05. The predicted octanol–water partition coefficient (Wildman–Crippen LogP) is 1.95. The van der Waals surface area contributed by atoms with Crippen molar-refractivity contribution in [1.29, 1.82) is 0 Å². The molecule has 1 atom stereocenters. The van der Waals surface area contributed by atoms with Gasteiger partial charge in [0.15, 0.2) is 5.78 Å². The Bertz CT molecular complexity index is 349. The molecule has 1 rings (SSSR count). The van der Waals surface area contributed by atoms with Gasteiger partial charge in [0.05, 0.1) is 6.04 Å². The SMILES string of the molecule is Cc1ccc(C(=O)C(N)C(C)(C)C)cn1. The molecule has 0 radical (unpaired) electrons. The predicted molar refractivity (Wildman–Crippen MR) is 60.7 cm³/mol. The Morgan fingerprint density at radius 2 is 2.00 bits per heavy atom. The Morgan fingerprint density at radius 3 is 2.40 bits per heavy atom. The molecular weight excluding hydrogens is 188 g/mol. The maximum Gasteiger partial charge on any atom is 0.181 e. The molecule has 0 saturated heterocycles. The summed E-state index contributed by atoms with van der Waals surface area (Å²) in [6.45, 7) is 7.75. The Hall–Kier alpha value is -1.22. The minimum Gasteiger partial charge on any atom is -0.321 e. The van der Waals surface area contributed by atoms with Crippen LogP contribution in [0.2, 0.25) is 0 Å². The highest BCUT2D eigenvalue weighted by Crippen LogP contribution is 2.20. The topological polar surface area (TPSA) is 56.0 Å². The average Bonchev–Trinajstić information content (AvgIpc) is 2.15. The summed E-state index contributed by atoms with van der Waals surface area (Å²) >= 11 is 0. The van der Waals surface area contributed by atoms with Gasteiger partial charge in [-0.25, -0.2) is 0 Å². The second-order valence-corrected chi connectivity index (χ2v) is 4.90. The number of hydrogen-bond donors (Lipinski definition) is 1. The second-order valence-electron chi connectivity index (χ2n) is 4.90. The molecule has 0 aliphatic carbocycles. The highest BCUT2D eigenvalue weighted by Gasteiger charge is 2.28. The van der Waals surface area contributed by atoms with Crippen LogP contribution in [0.3, 0.4) is 0 Å². The molecule has 1 heterocycles. The molecule has 3 heteroatoms. The molecule has 15 heavy (non-hydrogen) atoms. The monoisotopic (exact) mass is 206 g/mol. The number of carbonyl (C=O) groups is 1. The van der Waals surface area contributed by atoms with Gasteiger partial charge >= 0.3 is 0 Å². The number of Topliss-reactive ketones (excluding diaryl/α,β-unsaturated/α-hetero) is 1. The molecule has 1 aromatic rings. The standard InChI is InChI=1S/C12H18N2O/c1-8-5-6-9(7-14-8)10(15)11(13)12(2,3)4/h5-7,11H,13H2,1-4H3. The zero-order chi connectivity index (χ0) is 11.6. The van der Waals surface area contributed by atoms with Crippen molar-refractivity contribution in [2.75, 3.05) is 0 Å². The molecule has 0 aromatic carbocycles. The molecule has 0 bridgehead atoms. The summed E-state index contributed by atoms with van der Waals surface area (Å²) in [6.07, 6.45) is 1.59. The summed E-state index contributed by atoms with van der Waals surface area (Å²) in [5.74, 6) is -0.0463. The molecule has 0 spiro atoms. The van der Waals surface area contributed by atoms with Gasteiger partial charge in [0.2, 0.25) is 0 Å². The molecule has 0 aliphatic heterocycles. The zero-order valence-electron chi connectivity index (χ0n) is 9.74. The van der Waals surface area contributed by atoms with Crippen molar-refractivity contribution in [3.63, 3.8) is 0 Å². The molecule has 2 N–H and O–H groups in total. The van der Waals surface area contributed by atoms with E-state index in [9.17, 15) is 4.79 Å². The lowest BCUT2D eigenvalue weighted by atomic mass is 9.83. The molecular formula is C12H18N2O. The van der Waals surface area contributed by atoms with Crippen LogP contribution in [0, 0.1) is 12.3 Å². The van der Waals surface area contributed by atoms with Crippen LogP contribution in [0.1, 0.15) is 36.8 Å². The Morgan fingerprint density at radius 1 is 1.40 bits per heavy atom. The molecule has 0 amide bonds. The molecule has 82 valence electrons. The second kappa shape index (κ2) is 4.11. The van der Waals surface area contributed by atoms with E-state index in [1.54, 1.807) is 12.3 Å². The zero-order valence-corrected chi connectivity index (χ0v) is 9.74. The fourth-order valence-corrected chi connectivity index (χ4v) is 1.19. The lowest BCUT2D eigenvalue weighted by molar-refractivity contribution is 0.0901. The van der Waals surface area contributed by atoms with Gasteiger partial charge < -0.3 is 5.73 Å². The summed E-state index contributed by atoms with van der Waals surface area (Å²) < 4.78 is 0. The van der Waals surface area contributed by atoms with E-state index in [2.05, 4.69) is 4.98 Å². The molecule has 1 unspecified atom stereocenters. The van der Waals surface area contributed by atoms with Crippen LogP contribution in [-0.2, 0) is 0 Å². The quantitative estimate of drug-likeness (QED) is 0.752. The maximum atomic E-state index is 11.9. The minimum absolute atomic E-state index is 0.0463. The van der Waals surface area contributed by atoms with Crippen molar-refractivity contribution in [1.82, 2.24) is 4.98 Å². The highest BCUT2D eigenvalue weighted by molar-refractivity contribution is 6.00. The van der Waals surface area contributed by atoms with Gasteiger partial charge in [-0.1, -0.05) is 20.8 Å². The van der Waals surface area contributed by atoms with Gasteiger partial charge in [0, 0.05) is 17.5 Å². The Kier molecular flexibility index (Phi) is 3.25. The lowest BCUT2D eigenvalue weighted by Crippen LogP contribution is -2.42. The molecule has 0 fully saturated rings. The van der Waals surface area contributed by atoms with Crippen molar-refractivity contribution in [3.8, 4) is 0 Å². The summed E-state index contributed by atoms with van der Waals surface area (Å²) in [6, 6.07) is 3.11. The minimum atomic E-state index is -0.484. The van der Waals surface area contributed by atoms with Gasteiger partial charge in [0.25, 0.3) is 0 Å². The van der Waals surface area contributed by atoms with E-state index in [0.29, 0.717) is 5.56 Å². The number of hydrogen-bond acceptors (Lipinski definition) is 3. The van der Waals surface area contributed by atoms with Gasteiger partial charge in [-0.15, -0.1) is 0 Å². The first kappa shape index (κ1) is 11.9. The Labute approximate surface area is 90.7 Å². The van der Waals surface area contributed by atoms with Gasteiger partial charge in [-0.2, -0.15) is 0 Å². The smallest absolute Gasteiger partial charge is 0.181 e. The van der Waals surface area contributed by atoms with Crippen molar-refractivity contribution in [3.05, 3.63) is 29.6 Å². The van der Waals surface area contributed by atoms with Crippen LogP contribution in [0.4, 0.5) is 0 Å².